The summed E-state index contributed by atoms with van der Waals surface area (Å²) in [5.41, 5.74) is 0. The zero-order valence-corrected chi connectivity index (χ0v) is 13.8. The van der Waals surface area contributed by atoms with Crippen LogP contribution in [0.2, 0.25) is 0 Å². The molecule has 122 valence electrons. The summed E-state index contributed by atoms with van der Waals surface area (Å²) in [6, 6.07) is 0. The Morgan fingerprint density at radius 3 is 1.80 bits per heavy atom. The van der Waals surface area contributed by atoms with Crippen molar-refractivity contribution in [1.29, 1.82) is 0 Å². The minimum Gasteiger partial charge on any atom is -0.308 e. The monoisotopic (exact) mass is 339 g/mol. The third-order valence-corrected chi connectivity index (χ3v) is 6.05. The first kappa shape index (κ1) is 20.1. The molecule has 0 saturated heterocycles. The third-order valence-electron chi connectivity index (χ3n) is 2.02. The van der Waals surface area contributed by atoms with Crippen LogP contribution < -0.4 is 4.72 Å². The zero-order chi connectivity index (χ0) is 16.2. The molecule has 5 nitrogen and oxygen atoms in total. The summed E-state index contributed by atoms with van der Waals surface area (Å²) >= 11 is 0. The van der Waals surface area contributed by atoms with E-state index in [0.29, 0.717) is 0 Å². The SMILES string of the molecule is CCOP(=O)(OCC)[C@H](N[S@@](=O)C(C)(C)C)C(F)(F)F. The van der Waals surface area contributed by atoms with Crippen LogP contribution in [0.4, 0.5) is 13.2 Å². The van der Waals surface area contributed by atoms with Gasteiger partial charge in [0.2, 0.25) is 5.78 Å². The van der Waals surface area contributed by atoms with Crippen LogP contribution in [0, 0.1) is 0 Å². The first-order valence-electron chi connectivity index (χ1n) is 6.02. The molecule has 0 fully saturated rings. The van der Waals surface area contributed by atoms with Gasteiger partial charge in [0.1, 0.15) is 0 Å². The molecule has 2 atom stereocenters. The molecule has 0 aliphatic rings. The van der Waals surface area contributed by atoms with Crippen molar-refractivity contribution in [2.24, 2.45) is 0 Å². The van der Waals surface area contributed by atoms with Gasteiger partial charge in [-0.3, -0.25) is 4.57 Å². The average molecular weight is 339 g/mol. The molecule has 0 aromatic heterocycles. The van der Waals surface area contributed by atoms with E-state index in [2.05, 4.69) is 9.05 Å². The van der Waals surface area contributed by atoms with Gasteiger partial charge < -0.3 is 9.05 Å². The van der Waals surface area contributed by atoms with E-state index >= 15 is 0 Å². The number of hydrogen-bond acceptors (Lipinski definition) is 4. The third kappa shape index (κ3) is 5.81. The van der Waals surface area contributed by atoms with E-state index in [0.717, 1.165) is 0 Å². The van der Waals surface area contributed by atoms with E-state index in [-0.39, 0.29) is 13.2 Å². The predicted octanol–water partition coefficient (Wildman–Crippen LogP) is 3.19. The number of hydrogen-bond donors (Lipinski definition) is 1. The molecule has 0 spiro atoms. The molecule has 10 heteroatoms. The molecule has 0 aromatic carbocycles. The molecule has 1 N–H and O–H groups in total. The number of rotatable bonds is 7. The van der Waals surface area contributed by atoms with Gasteiger partial charge in [-0.25, -0.2) is 8.93 Å². The topological polar surface area (TPSA) is 64.6 Å². The fraction of sp³-hybridized carbons (Fsp3) is 1.00. The van der Waals surface area contributed by atoms with Crippen molar-refractivity contribution in [3.63, 3.8) is 0 Å². The Labute approximate surface area is 119 Å². The van der Waals surface area contributed by atoms with E-state index in [1.165, 1.54) is 34.6 Å². The summed E-state index contributed by atoms with van der Waals surface area (Å²) < 4.78 is 73.6. The quantitative estimate of drug-likeness (QED) is 0.724. The van der Waals surface area contributed by atoms with E-state index in [4.69, 9.17) is 0 Å². The summed E-state index contributed by atoms with van der Waals surface area (Å²) in [6.07, 6.45) is -4.92. The van der Waals surface area contributed by atoms with Crippen LogP contribution in [-0.4, -0.2) is 34.1 Å². The standard InChI is InChI=1S/C10H21F3NO4PS/c1-6-17-19(15,18-7-2)8(10(11,12)13)14-20(16)9(3,4)5/h8,14H,6-7H2,1-5H3/t8-,20-/m0/s1. The lowest BCUT2D eigenvalue weighted by Crippen LogP contribution is -2.47. The number of halogens is 3. The maximum Gasteiger partial charge on any atom is 0.416 e. The summed E-state index contributed by atoms with van der Waals surface area (Å²) in [5, 5.41) is 0. The van der Waals surface area contributed by atoms with Crippen LogP contribution in [0.5, 0.6) is 0 Å². The smallest absolute Gasteiger partial charge is 0.308 e. The Kier molecular flexibility index (Phi) is 7.37. The van der Waals surface area contributed by atoms with Crippen molar-refractivity contribution >= 4 is 18.6 Å². The molecule has 0 amide bonds. The van der Waals surface area contributed by atoms with Gasteiger partial charge in [-0.1, -0.05) is 0 Å². The molecule has 0 bridgehead atoms. The van der Waals surface area contributed by atoms with Crippen molar-refractivity contribution in [2.75, 3.05) is 13.2 Å². The number of nitrogens with one attached hydrogen (secondary N) is 1. The van der Waals surface area contributed by atoms with Crippen molar-refractivity contribution in [3.05, 3.63) is 0 Å². The van der Waals surface area contributed by atoms with Crippen molar-refractivity contribution < 1.29 is 31.0 Å². The highest BCUT2D eigenvalue weighted by Gasteiger charge is 2.55. The van der Waals surface area contributed by atoms with Crippen LogP contribution in [0.25, 0.3) is 0 Å². The molecule has 0 unspecified atom stereocenters. The highest BCUT2D eigenvalue weighted by molar-refractivity contribution is 7.84. The van der Waals surface area contributed by atoms with Crippen LogP contribution in [0.1, 0.15) is 34.6 Å². The van der Waals surface area contributed by atoms with Crippen LogP contribution in [0.15, 0.2) is 0 Å². The minimum atomic E-state index is -4.92. The molecule has 0 aliphatic heterocycles. The first-order chi connectivity index (χ1) is 8.88. The Hall–Kier alpha value is 0.0500. The lowest BCUT2D eigenvalue weighted by Gasteiger charge is -2.30. The Bertz CT molecular complexity index is 374. The van der Waals surface area contributed by atoms with Crippen LogP contribution >= 0.6 is 7.60 Å². The fourth-order valence-corrected chi connectivity index (χ4v) is 4.08. The second kappa shape index (κ2) is 7.35. The molecular formula is C10H21F3NO4PS. The van der Waals surface area contributed by atoms with E-state index in [1.54, 1.807) is 0 Å². The highest BCUT2D eigenvalue weighted by Crippen LogP contribution is 2.57. The Morgan fingerprint density at radius 1 is 1.15 bits per heavy atom. The summed E-state index contributed by atoms with van der Waals surface area (Å²) in [7, 11) is -6.57. The molecular weight excluding hydrogens is 318 g/mol. The van der Waals surface area contributed by atoms with Crippen molar-refractivity contribution in [3.8, 4) is 0 Å². The molecule has 0 radical (unpaired) electrons. The summed E-state index contributed by atoms with van der Waals surface area (Å²) in [5.74, 6) is -2.63. The summed E-state index contributed by atoms with van der Waals surface area (Å²) in [6.45, 7) is 6.86. The lowest BCUT2D eigenvalue weighted by atomic mass is 10.3. The van der Waals surface area contributed by atoms with Gasteiger partial charge in [0, 0.05) is 0 Å². The van der Waals surface area contributed by atoms with E-state index in [9.17, 15) is 21.9 Å². The van der Waals surface area contributed by atoms with E-state index < -0.39 is 35.3 Å². The highest BCUT2D eigenvalue weighted by atomic mass is 32.2. The number of alkyl halides is 3. The summed E-state index contributed by atoms with van der Waals surface area (Å²) in [4.78, 5) is 0. The average Bonchev–Trinajstić information content (AvgIpc) is 2.22. The minimum absolute atomic E-state index is 0.215. The van der Waals surface area contributed by atoms with Crippen LogP contribution in [0.3, 0.4) is 0 Å². The maximum atomic E-state index is 13.1. The fourth-order valence-electron chi connectivity index (χ4n) is 1.14. The van der Waals surface area contributed by atoms with Gasteiger partial charge in [-0.2, -0.15) is 13.2 Å². The van der Waals surface area contributed by atoms with Gasteiger partial charge >= 0.3 is 13.8 Å². The lowest BCUT2D eigenvalue weighted by molar-refractivity contribution is -0.137. The Balaban J connectivity index is 5.45. The maximum absolute atomic E-state index is 13.1. The zero-order valence-electron chi connectivity index (χ0n) is 12.1. The van der Waals surface area contributed by atoms with Gasteiger partial charge in [0.25, 0.3) is 0 Å². The van der Waals surface area contributed by atoms with Crippen molar-refractivity contribution in [1.82, 2.24) is 4.72 Å². The normalized spacial score (nSPS) is 17.0. The van der Waals surface area contributed by atoms with Gasteiger partial charge in [-0.05, 0) is 34.6 Å². The first-order valence-corrected chi connectivity index (χ1v) is 8.78. The molecule has 20 heavy (non-hydrogen) atoms. The largest absolute Gasteiger partial charge is 0.416 e. The molecule has 0 saturated carbocycles. The molecule has 0 heterocycles. The second-order valence-electron chi connectivity index (χ2n) is 4.82. The van der Waals surface area contributed by atoms with Crippen LogP contribution in [-0.2, 0) is 24.6 Å². The van der Waals surface area contributed by atoms with E-state index in [1.807, 2.05) is 4.72 Å². The predicted molar refractivity (Wildman–Crippen MR) is 71.7 cm³/mol. The van der Waals surface area contributed by atoms with Gasteiger partial charge in [0.05, 0.1) is 28.9 Å². The van der Waals surface area contributed by atoms with Gasteiger partial charge in [-0.15, -0.1) is 0 Å². The van der Waals surface area contributed by atoms with Gasteiger partial charge in [0.15, 0.2) is 0 Å². The Morgan fingerprint density at radius 2 is 1.55 bits per heavy atom. The second-order valence-corrected chi connectivity index (χ2v) is 8.93. The molecule has 0 rings (SSSR count). The van der Waals surface area contributed by atoms with Crippen molar-refractivity contribution in [2.45, 2.75) is 51.3 Å². The molecule has 0 aromatic rings. The molecule has 0 aliphatic carbocycles.